The van der Waals surface area contributed by atoms with E-state index in [0.717, 1.165) is 25.1 Å². The largest absolute Gasteiger partial charge is 0.393 e. The van der Waals surface area contributed by atoms with Crippen LogP contribution in [0.4, 0.5) is 0 Å². The minimum atomic E-state index is -0.572. The van der Waals surface area contributed by atoms with Gasteiger partial charge in [0.1, 0.15) is 0 Å². The molecule has 1 heterocycles. The van der Waals surface area contributed by atoms with Gasteiger partial charge in [0, 0.05) is 25.6 Å². The highest BCUT2D eigenvalue weighted by Gasteiger charge is 2.32. The highest BCUT2D eigenvalue weighted by atomic mass is 32.1. The molecule has 2 atom stereocenters. The van der Waals surface area contributed by atoms with Gasteiger partial charge in [0.25, 0.3) is 0 Å². The van der Waals surface area contributed by atoms with Crippen molar-refractivity contribution in [1.29, 1.82) is 0 Å². The van der Waals surface area contributed by atoms with Gasteiger partial charge in [0.05, 0.1) is 10.6 Å². The summed E-state index contributed by atoms with van der Waals surface area (Å²) < 4.78 is 0. The molecule has 0 saturated carbocycles. The van der Waals surface area contributed by atoms with Crippen molar-refractivity contribution in [1.82, 2.24) is 4.90 Å². The van der Waals surface area contributed by atoms with Crippen LogP contribution in [0.5, 0.6) is 0 Å². The maximum absolute atomic E-state index is 9.98. The van der Waals surface area contributed by atoms with Crippen LogP contribution < -0.4 is 5.73 Å². The van der Waals surface area contributed by atoms with Gasteiger partial charge in [-0.25, -0.2) is 0 Å². The van der Waals surface area contributed by atoms with E-state index in [1.807, 2.05) is 25.1 Å². The summed E-state index contributed by atoms with van der Waals surface area (Å²) in [4.78, 5) is 2.75. The summed E-state index contributed by atoms with van der Waals surface area (Å²) in [6.07, 6.45) is 0.811. The summed E-state index contributed by atoms with van der Waals surface area (Å²) in [6.45, 7) is 4.26. The number of aliphatic hydroxyl groups is 1. The van der Waals surface area contributed by atoms with E-state index >= 15 is 0 Å². The van der Waals surface area contributed by atoms with Crippen molar-refractivity contribution >= 4 is 17.2 Å². The zero-order chi connectivity index (χ0) is 13.2. The predicted molar refractivity (Wildman–Crippen MR) is 77.6 cm³/mol. The Labute approximate surface area is 114 Å². The molecule has 2 unspecified atom stereocenters. The lowest BCUT2D eigenvalue weighted by Crippen LogP contribution is -2.35. The number of nitrogens with two attached hydrogens (primary N) is 1. The second-order valence-corrected chi connectivity index (χ2v) is 5.82. The van der Waals surface area contributed by atoms with Gasteiger partial charge < -0.3 is 10.8 Å². The summed E-state index contributed by atoms with van der Waals surface area (Å²) in [5.74, 6) is 0.0649. The molecule has 98 valence electrons. The number of hydrogen-bond acceptors (Lipinski definition) is 3. The van der Waals surface area contributed by atoms with E-state index in [1.54, 1.807) is 0 Å². The molecule has 0 aromatic heterocycles. The van der Waals surface area contributed by atoms with Crippen molar-refractivity contribution in [2.45, 2.75) is 24.9 Å². The van der Waals surface area contributed by atoms with Crippen LogP contribution in [0.2, 0.25) is 0 Å². The zero-order valence-electron chi connectivity index (χ0n) is 10.7. The summed E-state index contributed by atoms with van der Waals surface area (Å²) in [5, 5.41) is 9.98. The SMILES string of the molecule is CC1(O)CCN(CC(C(N)=S)c2ccccc2)C1. The van der Waals surface area contributed by atoms with E-state index in [9.17, 15) is 5.11 Å². The third kappa shape index (κ3) is 3.28. The molecule has 0 aliphatic carbocycles. The minimum Gasteiger partial charge on any atom is -0.393 e. The van der Waals surface area contributed by atoms with Crippen molar-refractivity contribution in [3.63, 3.8) is 0 Å². The zero-order valence-corrected chi connectivity index (χ0v) is 11.5. The molecule has 2 rings (SSSR count). The average Bonchev–Trinajstić information content (AvgIpc) is 2.66. The fourth-order valence-corrected chi connectivity index (χ4v) is 2.71. The van der Waals surface area contributed by atoms with Gasteiger partial charge >= 0.3 is 0 Å². The fraction of sp³-hybridized carbons (Fsp3) is 0.500. The third-order valence-corrected chi connectivity index (χ3v) is 3.80. The van der Waals surface area contributed by atoms with Gasteiger partial charge in [-0.1, -0.05) is 42.5 Å². The van der Waals surface area contributed by atoms with E-state index < -0.39 is 5.60 Å². The monoisotopic (exact) mass is 264 g/mol. The summed E-state index contributed by atoms with van der Waals surface area (Å²) >= 11 is 5.18. The number of hydrogen-bond donors (Lipinski definition) is 2. The van der Waals surface area contributed by atoms with Crippen LogP contribution in [0, 0.1) is 0 Å². The van der Waals surface area contributed by atoms with Crippen molar-refractivity contribution in [3.05, 3.63) is 35.9 Å². The van der Waals surface area contributed by atoms with Crippen molar-refractivity contribution in [2.75, 3.05) is 19.6 Å². The third-order valence-electron chi connectivity index (χ3n) is 3.52. The second kappa shape index (κ2) is 5.34. The first kappa shape index (κ1) is 13.5. The molecule has 0 bridgehead atoms. The van der Waals surface area contributed by atoms with E-state index in [2.05, 4.69) is 17.0 Å². The molecule has 3 nitrogen and oxygen atoms in total. The van der Waals surface area contributed by atoms with E-state index in [-0.39, 0.29) is 5.92 Å². The van der Waals surface area contributed by atoms with Crippen molar-refractivity contribution in [2.24, 2.45) is 5.73 Å². The molecular formula is C14H20N2OS. The number of likely N-dealkylation sites (tertiary alicyclic amines) is 1. The molecule has 1 aromatic rings. The smallest absolute Gasteiger partial charge is 0.0816 e. The van der Waals surface area contributed by atoms with Crippen LogP contribution in [-0.4, -0.2) is 40.2 Å². The minimum absolute atomic E-state index is 0.0649. The van der Waals surface area contributed by atoms with Crippen LogP contribution in [0.3, 0.4) is 0 Å². The molecular weight excluding hydrogens is 244 g/mol. The first-order valence-electron chi connectivity index (χ1n) is 6.27. The van der Waals surface area contributed by atoms with Crippen LogP contribution in [0.15, 0.2) is 30.3 Å². The molecule has 1 fully saturated rings. The topological polar surface area (TPSA) is 49.5 Å². The highest BCUT2D eigenvalue weighted by Crippen LogP contribution is 2.24. The molecule has 1 saturated heterocycles. The molecule has 0 spiro atoms. The van der Waals surface area contributed by atoms with Crippen molar-refractivity contribution in [3.8, 4) is 0 Å². The molecule has 1 aliphatic rings. The quantitative estimate of drug-likeness (QED) is 0.810. The summed E-state index contributed by atoms with van der Waals surface area (Å²) in [7, 11) is 0. The normalized spacial score (nSPS) is 26.1. The molecule has 1 aliphatic heterocycles. The van der Waals surface area contributed by atoms with Crippen LogP contribution in [0.1, 0.15) is 24.8 Å². The first-order valence-corrected chi connectivity index (χ1v) is 6.68. The van der Waals surface area contributed by atoms with E-state index in [4.69, 9.17) is 18.0 Å². The Morgan fingerprint density at radius 2 is 2.17 bits per heavy atom. The van der Waals surface area contributed by atoms with Crippen molar-refractivity contribution < 1.29 is 5.11 Å². The van der Waals surface area contributed by atoms with Gasteiger partial charge in [-0.05, 0) is 18.9 Å². The lowest BCUT2D eigenvalue weighted by atomic mass is 9.98. The van der Waals surface area contributed by atoms with Crippen LogP contribution >= 0.6 is 12.2 Å². The van der Waals surface area contributed by atoms with Crippen LogP contribution in [0.25, 0.3) is 0 Å². The molecule has 0 amide bonds. The number of thiocarbonyl (C=S) groups is 1. The molecule has 1 aromatic carbocycles. The Bertz CT molecular complexity index is 419. The molecule has 18 heavy (non-hydrogen) atoms. The summed E-state index contributed by atoms with van der Waals surface area (Å²) in [6, 6.07) is 10.1. The maximum atomic E-state index is 9.98. The number of β-amino-alcohol motifs (C(OH)–C–C–N with tert-alkyl or cyclic N) is 1. The van der Waals surface area contributed by atoms with Gasteiger partial charge in [-0.3, -0.25) is 4.90 Å². The Balaban J connectivity index is 2.07. The number of nitrogens with zero attached hydrogens (tertiary/aromatic N) is 1. The predicted octanol–water partition coefficient (Wildman–Crippen LogP) is 1.51. The van der Waals surface area contributed by atoms with Crippen LogP contribution in [-0.2, 0) is 0 Å². The maximum Gasteiger partial charge on any atom is 0.0816 e. The highest BCUT2D eigenvalue weighted by molar-refractivity contribution is 7.80. The first-order chi connectivity index (χ1) is 8.48. The molecule has 3 N–H and O–H groups in total. The Kier molecular flexibility index (Phi) is 4.00. The van der Waals surface area contributed by atoms with E-state index in [1.165, 1.54) is 0 Å². The fourth-order valence-electron chi connectivity index (χ4n) is 2.50. The Morgan fingerprint density at radius 1 is 1.50 bits per heavy atom. The number of benzene rings is 1. The van der Waals surface area contributed by atoms with Gasteiger partial charge in [0.2, 0.25) is 0 Å². The molecule has 0 radical (unpaired) electrons. The number of rotatable bonds is 4. The average molecular weight is 264 g/mol. The van der Waals surface area contributed by atoms with Gasteiger partial charge in [0.15, 0.2) is 0 Å². The standard InChI is InChI=1S/C14H20N2OS/c1-14(17)7-8-16(10-14)9-12(13(15)18)11-5-3-2-4-6-11/h2-6,12,17H,7-10H2,1H3,(H2,15,18). The Morgan fingerprint density at radius 3 is 2.67 bits per heavy atom. The van der Waals surface area contributed by atoms with Gasteiger partial charge in [-0.15, -0.1) is 0 Å². The second-order valence-electron chi connectivity index (χ2n) is 5.35. The van der Waals surface area contributed by atoms with Gasteiger partial charge in [-0.2, -0.15) is 0 Å². The lowest BCUT2D eigenvalue weighted by Gasteiger charge is -2.24. The Hall–Kier alpha value is -0.970. The molecule has 4 heteroatoms. The van der Waals surface area contributed by atoms with E-state index in [0.29, 0.717) is 11.5 Å². The lowest BCUT2D eigenvalue weighted by molar-refractivity contribution is 0.0687. The summed E-state index contributed by atoms with van der Waals surface area (Å²) in [5.41, 5.74) is 6.43.